The van der Waals surface area contributed by atoms with Crippen molar-refractivity contribution in [2.24, 2.45) is 0 Å². The molecule has 0 aromatic rings. The minimum atomic E-state index is 0.0997. The first-order valence-corrected chi connectivity index (χ1v) is 6.54. The summed E-state index contributed by atoms with van der Waals surface area (Å²) in [4.78, 5) is 0. The van der Waals surface area contributed by atoms with E-state index in [1.165, 1.54) is 0 Å². The van der Waals surface area contributed by atoms with Gasteiger partial charge in [0.15, 0.2) is 0 Å². The molecule has 0 saturated carbocycles. The zero-order valence-corrected chi connectivity index (χ0v) is 10.4. The topological polar surface area (TPSA) is 49.0 Å². The predicted molar refractivity (Wildman–Crippen MR) is 63.2 cm³/mol. The van der Waals surface area contributed by atoms with Crippen molar-refractivity contribution in [3.8, 4) is 0 Å². The molecule has 0 radical (unpaired) electrons. The van der Waals surface area contributed by atoms with E-state index < -0.39 is 0 Å². The average Bonchev–Trinajstić information content (AvgIpc) is 2.41. The molecule has 2 heterocycles. The van der Waals surface area contributed by atoms with Gasteiger partial charge in [0, 0.05) is 0 Å². The molecule has 2 aliphatic heterocycles. The van der Waals surface area contributed by atoms with Gasteiger partial charge in [-0.15, -0.1) is 0 Å². The fourth-order valence-corrected chi connectivity index (χ4v) is 2.08. The van der Waals surface area contributed by atoms with Gasteiger partial charge in [-0.25, -0.2) is 0 Å². The Morgan fingerprint density at radius 2 is 2.00 bits per heavy atom. The van der Waals surface area contributed by atoms with Gasteiger partial charge in [0.25, 0.3) is 0 Å². The van der Waals surface area contributed by atoms with Crippen molar-refractivity contribution in [2.45, 2.75) is 25.0 Å². The van der Waals surface area contributed by atoms with Gasteiger partial charge in [0.05, 0.1) is 45.7 Å². The molecule has 0 aromatic heterocycles. The molecule has 2 saturated heterocycles. The maximum atomic E-state index is 5.74. The van der Waals surface area contributed by atoms with Gasteiger partial charge in [0.1, 0.15) is 6.10 Å². The molecule has 0 aromatic carbocycles. The van der Waals surface area contributed by atoms with Crippen LogP contribution in [0.1, 0.15) is 12.8 Å². The molecule has 1 atom stereocenters. The number of hydrogen-bond donors (Lipinski definition) is 1. The minimum absolute atomic E-state index is 0.0997. The highest BCUT2D eigenvalue weighted by Gasteiger charge is 2.15. The van der Waals surface area contributed by atoms with E-state index in [1.54, 1.807) is 0 Å². The van der Waals surface area contributed by atoms with Crippen LogP contribution < -0.4 is 5.32 Å². The maximum absolute atomic E-state index is 5.74. The van der Waals surface area contributed by atoms with Crippen LogP contribution in [0, 0.1) is 0 Å². The molecule has 0 aliphatic carbocycles. The number of piperidine rings is 1. The molecular weight excluding hydrogens is 222 g/mol. The summed E-state index contributed by atoms with van der Waals surface area (Å²) in [6, 6.07) is 0. The smallest absolute Gasteiger partial charge is 0.104 e. The summed E-state index contributed by atoms with van der Waals surface area (Å²) < 4.78 is 22.0. The van der Waals surface area contributed by atoms with E-state index in [9.17, 15) is 0 Å². The van der Waals surface area contributed by atoms with Crippen LogP contribution in [0.25, 0.3) is 0 Å². The zero-order valence-electron chi connectivity index (χ0n) is 10.4. The molecule has 0 bridgehead atoms. The van der Waals surface area contributed by atoms with Crippen molar-refractivity contribution >= 4 is 0 Å². The lowest BCUT2D eigenvalue weighted by Crippen LogP contribution is -2.34. The third kappa shape index (κ3) is 5.31. The van der Waals surface area contributed by atoms with Crippen LogP contribution >= 0.6 is 0 Å². The van der Waals surface area contributed by atoms with E-state index in [0.29, 0.717) is 45.7 Å². The Hall–Kier alpha value is -0.200. The Balaban J connectivity index is 1.42. The third-order valence-corrected chi connectivity index (χ3v) is 3.06. The molecule has 100 valence electrons. The van der Waals surface area contributed by atoms with Crippen LogP contribution in [-0.2, 0) is 18.9 Å². The fourth-order valence-electron chi connectivity index (χ4n) is 2.08. The van der Waals surface area contributed by atoms with Gasteiger partial charge >= 0.3 is 0 Å². The van der Waals surface area contributed by atoms with E-state index in [4.69, 9.17) is 18.9 Å². The monoisotopic (exact) mass is 245 g/mol. The third-order valence-electron chi connectivity index (χ3n) is 3.06. The van der Waals surface area contributed by atoms with Crippen LogP contribution in [0.5, 0.6) is 0 Å². The molecule has 2 rings (SSSR count). The van der Waals surface area contributed by atoms with E-state index >= 15 is 0 Å². The maximum Gasteiger partial charge on any atom is 0.104 e. The lowest BCUT2D eigenvalue weighted by Gasteiger charge is -2.24. The molecular formula is C12H23NO4. The highest BCUT2D eigenvalue weighted by molar-refractivity contribution is 4.68. The van der Waals surface area contributed by atoms with Gasteiger partial charge in [-0.2, -0.15) is 0 Å². The van der Waals surface area contributed by atoms with Crippen LogP contribution in [0.15, 0.2) is 0 Å². The Bertz CT molecular complexity index is 171. The van der Waals surface area contributed by atoms with Crippen molar-refractivity contribution < 1.29 is 18.9 Å². The summed E-state index contributed by atoms with van der Waals surface area (Å²) in [5.74, 6) is 0. The Morgan fingerprint density at radius 3 is 2.76 bits per heavy atom. The highest BCUT2D eigenvalue weighted by Crippen LogP contribution is 2.07. The first kappa shape index (κ1) is 13.2. The van der Waals surface area contributed by atoms with Crippen molar-refractivity contribution in [3.63, 3.8) is 0 Å². The lowest BCUT2D eigenvalue weighted by molar-refractivity contribution is -0.119. The van der Waals surface area contributed by atoms with Crippen molar-refractivity contribution in [3.05, 3.63) is 0 Å². The second-order valence-electron chi connectivity index (χ2n) is 4.46. The molecule has 2 fully saturated rings. The van der Waals surface area contributed by atoms with E-state index in [1.807, 2.05) is 0 Å². The molecule has 2 aliphatic rings. The minimum Gasteiger partial charge on any atom is -0.376 e. The largest absolute Gasteiger partial charge is 0.376 e. The molecule has 0 amide bonds. The Morgan fingerprint density at radius 1 is 1.12 bits per heavy atom. The second kappa shape index (κ2) is 8.00. The van der Waals surface area contributed by atoms with Gasteiger partial charge in [0.2, 0.25) is 0 Å². The quantitative estimate of drug-likeness (QED) is 0.677. The first-order valence-electron chi connectivity index (χ1n) is 6.54. The molecule has 1 unspecified atom stereocenters. The van der Waals surface area contributed by atoms with E-state index in [0.717, 1.165) is 25.9 Å². The number of hydrogen-bond acceptors (Lipinski definition) is 5. The van der Waals surface area contributed by atoms with Crippen molar-refractivity contribution in [1.82, 2.24) is 5.32 Å². The molecule has 5 nitrogen and oxygen atoms in total. The standard InChI is InChI=1S/C12H23NO4/c1-3-13-4-2-11(1)16-7-5-14-9-12-10-15-6-8-17-12/h11-13H,1-10H2. The van der Waals surface area contributed by atoms with Gasteiger partial charge in [-0.05, 0) is 25.9 Å². The summed E-state index contributed by atoms with van der Waals surface area (Å²) in [6.45, 7) is 6.10. The Kier molecular flexibility index (Phi) is 6.23. The van der Waals surface area contributed by atoms with E-state index in [-0.39, 0.29) is 6.10 Å². The predicted octanol–water partition coefficient (Wildman–Crippen LogP) is 0.187. The van der Waals surface area contributed by atoms with Crippen molar-refractivity contribution in [1.29, 1.82) is 0 Å². The highest BCUT2D eigenvalue weighted by atomic mass is 16.6. The Labute approximate surface area is 103 Å². The molecule has 0 spiro atoms. The molecule has 5 heteroatoms. The lowest BCUT2D eigenvalue weighted by atomic mass is 10.1. The molecule has 1 N–H and O–H groups in total. The average molecular weight is 245 g/mol. The summed E-state index contributed by atoms with van der Waals surface area (Å²) in [7, 11) is 0. The van der Waals surface area contributed by atoms with Crippen LogP contribution in [0.4, 0.5) is 0 Å². The normalized spacial score (nSPS) is 27.2. The summed E-state index contributed by atoms with van der Waals surface area (Å²) in [5.41, 5.74) is 0. The van der Waals surface area contributed by atoms with E-state index in [2.05, 4.69) is 5.32 Å². The van der Waals surface area contributed by atoms with Gasteiger partial charge < -0.3 is 24.3 Å². The van der Waals surface area contributed by atoms with Crippen LogP contribution in [-0.4, -0.2) is 64.9 Å². The number of nitrogens with one attached hydrogen (secondary N) is 1. The van der Waals surface area contributed by atoms with Gasteiger partial charge in [-0.1, -0.05) is 0 Å². The van der Waals surface area contributed by atoms with Crippen LogP contribution in [0.2, 0.25) is 0 Å². The summed E-state index contributed by atoms with van der Waals surface area (Å²) in [5, 5.41) is 3.32. The van der Waals surface area contributed by atoms with Crippen LogP contribution in [0.3, 0.4) is 0 Å². The summed E-state index contributed by atoms with van der Waals surface area (Å²) in [6.07, 6.45) is 2.73. The number of rotatable bonds is 6. The van der Waals surface area contributed by atoms with Gasteiger partial charge in [-0.3, -0.25) is 0 Å². The summed E-state index contributed by atoms with van der Waals surface area (Å²) >= 11 is 0. The second-order valence-corrected chi connectivity index (χ2v) is 4.46. The zero-order chi connectivity index (χ0) is 11.8. The van der Waals surface area contributed by atoms with Crippen molar-refractivity contribution in [2.75, 3.05) is 52.7 Å². The number of ether oxygens (including phenoxy) is 4. The fraction of sp³-hybridized carbons (Fsp3) is 1.00. The first-order chi connectivity index (χ1) is 8.45. The SMILES string of the molecule is C1CC(OCCOCC2COCCO2)CCN1. The molecule has 17 heavy (non-hydrogen) atoms.